The van der Waals surface area contributed by atoms with Crippen LogP contribution in [0.1, 0.15) is 50.0 Å². The van der Waals surface area contributed by atoms with Crippen molar-refractivity contribution in [3.63, 3.8) is 0 Å². The van der Waals surface area contributed by atoms with Gasteiger partial charge in [-0.05, 0) is 38.3 Å². The third-order valence-electron chi connectivity index (χ3n) is 5.55. The number of piperidine rings is 1. The first kappa shape index (κ1) is 16.5. The zero-order valence-electron chi connectivity index (χ0n) is 14.0. The van der Waals surface area contributed by atoms with Gasteiger partial charge in [-0.1, -0.05) is 43.2 Å². The molecule has 0 radical (unpaired) electrons. The van der Waals surface area contributed by atoms with Gasteiger partial charge in [0.1, 0.15) is 5.60 Å². The van der Waals surface area contributed by atoms with Crippen molar-refractivity contribution >= 4 is 5.91 Å². The molecule has 4 heteroatoms. The zero-order valence-corrected chi connectivity index (χ0v) is 14.0. The molecule has 1 saturated heterocycles. The van der Waals surface area contributed by atoms with Crippen LogP contribution >= 0.6 is 0 Å². The number of rotatable bonds is 3. The molecule has 3 rings (SSSR count). The maximum Gasteiger partial charge on any atom is 0.252 e. The Balaban J connectivity index is 1.68. The predicted octanol–water partition coefficient (Wildman–Crippen LogP) is 2.29. The minimum atomic E-state index is -1.19. The molecule has 2 fully saturated rings. The number of benzene rings is 1. The Bertz CT molecular complexity index is 523. The number of aliphatic hydroxyl groups is 1. The first-order chi connectivity index (χ1) is 11.1. The van der Waals surface area contributed by atoms with E-state index in [1.54, 1.807) is 0 Å². The van der Waals surface area contributed by atoms with E-state index in [-0.39, 0.29) is 11.9 Å². The molecule has 0 aromatic heterocycles. The Labute approximate surface area is 138 Å². The highest BCUT2D eigenvalue weighted by atomic mass is 16.3. The van der Waals surface area contributed by atoms with E-state index in [1.165, 1.54) is 12.0 Å². The topological polar surface area (TPSA) is 52.6 Å². The Morgan fingerprint density at radius 1 is 1.17 bits per heavy atom. The molecule has 1 saturated carbocycles. The van der Waals surface area contributed by atoms with Crippen LogP contribution in [0, 0.1) is 0 Å². The molecule has 2 atom stereocenters. The molecule has 1 aliphatic carbocycles. The maximum absolute atomic E-state index is 12.7. The second-order valence-corrected chi connectivity index (χ2v) is 7.22. The fourth-order valence-corrected chi connectivity index (χ4v) is 3.92. The summed E-state index contributed by atoms with van der Waals surface area (Å²) in [6.07, 6.45) is 5.52. The van der Waals surface area contributed by atoms with Crippen LogP contribution in [0.2, 0.25) is 0 Å². The van der Waals surface area contributed by atoms with E-state index in [0.29, 0.717) is 18.8 Å². The van der Waals surface area contributed by atoms with E-state index in [1.807, 2.05) is 13.1 Å². The lowest BCUT2D eigenvalue weighted by Gasteiger charge is -2.38. The summed E-state index contributed by atoms with van der Waals surface area (Å²) in [5, 5.41) is 13.9. The van der Waals surface area contributed by atoms with Crippen molar-refractivity contribution in [3.05, 3.63) is 35.9 Å². The van der Waals surface area contributed by atoms with Gasteiger partial charge in [0.05, 0.1) is 0 Å². The van der Waals surface area contributed by atoms with E-state index >= 15 is 0 Å². The smallest absolute Gasteiger partial charge is 0.252 e. The van der Waals surface area contributed by atoms with Crippen LogP contribution in [0.5, 0.6) is 0 Å². The van der Waals surface area contributed by atoms with Gasteiger partial charge in [-0.25, -0.2) is 0 Å². The quantitative estimate of drug-likeness (QED) is 0.899. The Hall–Kier alpha value is -1.39. The van der Waals surface area contributed by atoms with Crippen LogP contribution in [0.3, 0.4) is 0 Å². The predicted molar refractivity (Wildman–Crippen MR) is 91.3 cm³/mol. The van der Waals surface area contributed by atoms with Gasteiger partial charge in [0.25, 0.3) is 5.91 Å². The van der Waals surface area contributed by atoms with E-state index in [9.17, 15) is 9.90 Å². The lowest BCUT2D eigenvalue weighted by molar-refractivity contribution is -0.145. The lowest BCUT2D eigenvalue weighted by Crippen LogP contribution is -2.56. The molecule has 126 valence electrons. The molecule has 23 heavy (non-hydrogen) atoms. The third-order valence-corrected chi connectivity index (χ3v) is 5.55. The molecule has 2 N–H and O–H groups in total. The van der Waals surface area contributed by atoms with Crippen LogP contribution in [0.4, 0.5) is 0 Å². The first-order valence-electron chi connectivity index (χ1n) is 8.85. The molecule has 4 nitrogen and oxygen atoms in total. The number of hydrogen-bond donors (Lipinski definition) is 2. The second kappa shape index (κ2) is 7.02. The van der Waals surface area contributed by atoms with Crippen molar-refractivity contribution in [1.29, 1.82) is 0 Å². The molecule has 2 aliphatic rings. The van der Waals surface area contributed by atoms with Crippen LogP contribution in [-0.4, -0.2) is 47.7 Å². The van der Waals surface area contributed by atoms with Gasteiger partial charge in [-0.3, -0.25) is 4.79 Å². The van der Waals surface area contributed by atoms with Crippen LogP contribution in [-0.2, 0) is 4.79 Å². The number of carbonyl (C=O) groups excluding carboxylic acids is 1. The van der Waals surface area contributed by atoms with Gasteiger partial charge in [0.15, 0.2) is 0 Å². The Morgan fingerprint density at radius 2 is 1.83 bits per heavy atom. The maximum atomic E-state index is 12.7. The SMILES string of the molecule is CN1CCC(O)(C(=O)N[C@@H]2CCCC[C@H]2c2ccccc2)CC1. The summed E-state index contributed by atoms with van der Waals surface area (Å²) >= 11 is 0. The highest BCUT2D eigenvalue weighted by molar-refractivity contribution is 5.85. The zero-order chi connectivity index (χ0) is 16.3. The van der Waals surface area contributed by atoms with E-state index in [2.05, 4.69) is 34.5 Å². The van der Waals surface area contributed by atoms with Crippen molar-refractivity contribution < 1.29 is 9.90 Å². The summed E-state index contributed by atoms with van der Waals surface area (Å²) in [7, 11) is 2.03. The standard InChI is InChI=1S/C19H28N2O2/c1-21-13-11-19(23,12-14-21)18(22)20-17-10-6-5-9-16(17)15-7-3-2-4-8-15/h2-4,7-8,16-17,23H,5-6,9-14H2,1H3,(H,20,22)/t16-,17+/m0/s1. The molecule has 0 unspecified atom stereocenters. The van der Waals surface area contributed by atoms with Crippen molar-refractivity contribution in [2.45, 2.75) is 56.1 Å². The molecule has 1 heterocycles. The highest BCUT2D eigenvalue weighted by Crippen LogP contribution is 2.33. The van der Waals surface area contributed by atoms with Gasteiger partial charge < -0.3 is 15.3 Å². The van der Waals surface area contributed by atoms with Gasteiger partial charge in [-0.2, -0.15) is 0 Å². The minimum Gasteiger partial charge on any atom is -0.380 e. The summed E-state index contributed by atoms with van der Waals surface area (Å²) in [4.78, 5) is 14.9. The second-order valence-electron chi connectivity index (χ2n) is 7.22. The van der Waals surface area contributed by atoms with Gasteiger partial charge in [0.2, 0.25) is 0 Å². The molecule has 1 aliphatic heterocycles. The summed E-state index contributed by atoms with van der Waals surface area (Å²) in [5.41, 5.74) is 0.110. The van der Waals surface area contributed by atoms with Crippen molar-refractivity contribution in [3.8, 4) is 0 Å². The van der Waals surface area contributed by atoms with Crippen molar-refractivity contribution in [1.82, 2.24) is 10.2 Å². The molecule has 1 amide bonds. The fourth-order valence-electron chi connectivity index (χ4n) is 3.92. The monoisotopic (exact) mass is 316 g/mol. The average molecular weight is 316 g/mol. The number of likely N-dealkylation sites (tertiary alicyclic amines) is 1. The molecule has 1 aromatic carbocycles. The van der Waals surface area contributed by atoms with Gasteiger partial charge in [-0.15, -0.1) is 0 Å². The van der Waals surface area contributed by atoms with Crippen molar-refractivity contribution in [2.75, 3.05) is 20.1 Å². The van der Waals surface area contributed by atoms with Crippen LogP contribution < -0.4 is 5.32 Å². The number of carbonyl (C=O) groups is 1. The Kier molecular flexibility index (Phi) is 5.02. The molecule has 0 spiro atoms. The van der Waals surface area contributed by atoms with E-state index in [0.717, 1.165) is 32.4 Å². The van der Waals surface area contributed by atoms with Crippen LogP contribution in [0.25, 0.3) is 0 Å². The van der Waals surface area contributed by atoms with E-state index < -0.39 is 5.60 Å². The Morgan fingerprint density at radius 3 is 2.52 bits per heavy atom. The van der Waals surface area contributed by atoms with E-state index in [4.69, 9.17) is 0 Å². The summed E-state index contributed by atoms with van der Waals surface area (Å²) in [6, 6.07) is 10.6. The largest absolute Gasteiger partial charge is 0.380 e. The number of nitrogens with zero attached hydrogens (tertiary/aromatic N) is 1. The number of amides is 1. The normalized spacial score (nSPS) is 28.3. The summed E-state index contributed by atoms with van der Waals surface area (Å²) in [6.45, 7) is 1.55. The van der Waals surface area contributed by atoms with Crippen LogP contribution in [0.15, 0.2) is 30.3 Å². The van der Waals surface area contributed by atoms with Gasteiger partial charge in [0, 0.05) is 25.0 Å². The van der Waals surface area contributed by atoms with Crippen molar-refractivity contribution in [2.24, 2.45) is 0 Å². The molecular formula is C19H28N2O2. The molecule has 1 aromatic rings. The molecular weight excluding hydrogens is 288 g/mol. The first-order valence-corrected chi connectivity index (χ1v) is 8.85. The summed E-state index contributed by atoms with van der Waals surface area (Å²) < 4.78 is 0. The number of nitrogens with one attached hydrogen (secondary N) is 1. The summed E-state index contributed by atoms with van der Waals surface area (Å²) in [5.74, 6) is 0.196. The third kappa shape index (κ3) is 3.75. The average Bonchev–Trinajstić information content (AvgIpc) is 2.59. The fraction of sp³-hybridized carbons (Fsp3) is 0.632. The van der Waals surface area contributed by atoms with Gasteiger partial charge >= 0.3 is 0 Å². The molecule has 0 bridgehead atoms. The highest BCUT2D eigenvalue weighted by Gasteiger charge is 2.40. The lowest BCUT2D eigenvalue weighted by atomic mass is 9.79. The minimum absolute atomic E-state index is 0.141. The number of hydrogen-bond acceptors (Lipinski definition) is 3.